The van der Waals surface area contributed by atoms with Crippen LogP contribution in [0.25, 0.3) is 5.69 Å². The number of carboxylic acids is 1. The maximum absolute atomic E-state index is 14.2. The summed E-state index contributed by atoms with van der Waals surface area (Å²) in [6.07, 6.45) is -3.31. The van der Waals surface area contributed by atoms with Crippen molar-refractivity contribution in [2.45, 2.75) is 29.5 Å². The molecule has 0 aliphatic carbocycles. The lowest BCUT2D eigenvalue weighted by Crippen LogP contribution is -2.16. The predicted octanol–water partition coefficient (Wildman–Crippen LogP) is 6.16. The number of thiazole rings is 1. The van der Waals surface area contributed by atoms with E-state index in [-0.39, 0.29) is 24.4 Å². The lowest BCUT2D eigenvalue weighted by molar-refractivity contribution is -0.146. The van der Waals surface area contributed by atoms with E-state index in [4.69, 9.17) is 26.2 Å². The van der Waals surface area contributed by atoms with Crippen LogP contribution in [-0.2, 0) is 23.8 Å². The first-order valence-corrected chi connectivity index (χ1v) is 13.6. The summed E-state index contributed by atoms with van der Waals surface area (Å²) in [5.74, 6) is -1.16. The zero-order chi connectivity index (χ0) is 27.9. The number of halogens is 4. The van der Waals surface area contributed by atoms with E-state index in [2.05, 4.69) is 15.2 Å². The number of benzene rings is 2. The number of para-hydroxylation sites is 1. The van der Waals surface area contributed by atoms with Gasteiger partial charge in [0.05, 0.1) is 41.8 Å². The van der Waals surface area contributed by atoms with E-state index >= 15 is 0 Å². The Morgan fingerprint density at radius 3 is 2.64 bits per heavy atom. The first kappa shape index (κ1) is 27.3. The molecule has 8 nitrogen and oxygen atoms in total. The third kappa shape index (κ3) is 5.30. The fourth-order valence-electron chi connectivity index (χ4n) is 4.49. The van der Waals surface area contributed by atoms with Crippen molar-refractivity contribution in [3.8, 4) is 17.2 Å². The van der Waals surface area contributed by atoms with Crippen LogP contribution in [-0.4, -0.2) is 45.0 Å². The van der Waals surface area contributed by atoms with E-state index in [0.29, 0.717) is 37.5 Å². The number of methoxy groups -OCH3 is 2. The van der Waals surface area contributed by atoms with Crippen molar-refractivity contribution in [3.63, 3.8) is 0 Å². The fraction of sp³-hybridized carbons (Fsp3) is 0.280. The van der Waals surface area contributed by atoms with Gasteiger partial charge in [-0.05, 0) is 29.8 Å². The zero-order valence-corrected chi connectivity index (χ0v) is 22.8. The van der Waals surface area contributed by atoms with Gasteiger partial charge in [-0.15, -0.1) is 33.3 Å². The van der Waals surface area contributed by atoms with Crippen LogP contribution in [0.5, 0.6) is 11.5 Å². The van der Waals surface area contributed by atoms with Gasteiger partial charge in [0.25, 0.3) is 0 Å². The second-order valence-corrected chi connectivity index (χ2v) is 11.4. The van der Waals surface area contributed by atoms with Crippen molar-refractivity contribution in [1.29, 1.82) is 0 Å². The van der Waals surface area contributed by atoms with Gasteiger partial charge in [-0.3, -0.25) is 9.36 Å². The number of hydrogen-bond acceptors (Lipinski definition) is 8. The number of thioether (sulfide) groups is 1. The summed E-state index contributed by atoms with van der Waals surface area (Å²) < 4.78 is 54.7. The second kappa shape index (κ2) is 10.7. The van der Waals surface area contributed by atoms with Crippen molar-refractivity contribution < 1.29 is 32.5 Å². The SMILES string of the molecule is COc1cccc([C@H]2S[C@H](Cc3ncc(CC(=O)O)s3)c3nnc(C(F)(F)F)n3-c3ccc(Cl)cc32)c1OC. The molecule has 0 amide bonds. The number of ether oxygens (including phenoxy) is 2. The lowest BCUT2D eigenvalue weighted by Gasteiger charge is -2.23. The van der Waals surface area contributed by atoms with Crippen molar-refractivity contribution >= 4 is 40.7 Å². The molecule has 0 fully saturated rings. The maximum Gasteiger partial charge on any atom is 0.452 e. The van der Waals surface area contributed by atoms with Gasteiger partial charge in [0, 0.05) is 28.1 Å². The Labute approximate surface area is 233 Å². The number of carboxylic acid groups (broad SMARTS) is 1. The molecule has 1 aliphatic rings. The highest BCUT2D eigenvalue weighted by Crippen LogP contribution is 2.54. The number of aliphatic carboxylic acids is 1. The Balaban J connectivity index is 1.72. The molecule has 0 saturated carbocycles. The lowest BCUT2D eigenvalue weighted by atomic mass is 10.0. The number of rotatable bonds is 7. The quantitative estimate of drug-likeness (QED) is 0.271. The van der Waals surface area contributed by atoms with Gasteiger partial charge in [0.15, 0.2) is 17.3 Å². The summed E-state index contributed by atoms with van der Waals surface area (Å²) in [4.78, 5) is 16.0. The number of carbonyl (C=O) groups is 1. The van der Waals surface area contributed by atoms with Crippen LogP contribution < -0.4 is 9.47 Å². The van der Waals surface area contributed by atoms with Crippen LogP contribution in [0.3, 0.4) is 0 Å². The molecule has 0 radical (unpaired) electrons. The molecule has 14 heteroatoms. The monoisotopic (exact) mass is 596 g/mol. The van der Waals surface area contributed by atoms with Crippen LogP contribution in [0.2, 0.25) is 5.02 Å². The largest absolute Gasteiger partial charge is 0.493 e. The molecular weight excluding hydrogens is 577 g/mol. The minimum absolute atomic E-state index is 0.0928. The topological polar surface area (TPSA) is 99.4 Å². The van der Waals surface area contributed by atoms with E-state index in [9.17, 15) is 18.0 Å². The molecule has 0 spiro atoms. The van der Waals surface area contributed by atoms with Crippen LogP contribution in [0.1, 0.15) is 43.2 Å². The first-order chi connectivity index (χ1) is 18.6. The molecule has 2 aromatic carbocycles. The molecule has 2 atom stereocenters. The summed E-state index contributed by atoms with van der Waals surface area (Å²) in [5.41, 5.74) is 1.43. The summed E-state index contributed by atoms with van der Waals surface area (Å²) in [6.45, 7) is 0. The standard InChI is InChI=1S/C25H20ClF3N4O4S2/c1-36-17-5-3-4-14(21(17)37-2)22-15-8-12(26)6-7-16(15)33-23(31-32-24(33)25(27,28)29)18(39-22)10-19-30-11-13(38-19)9-20(34)35/h3-8,11,18,22H,9-10H2,1-2H3,(H,34,35)/t18-,22-/m1/s1. The van der Waals surface area contributed by atoms with Gasteiger partial charge in [-0.25, -0.2) is 4.98 Å². The highest BCUT2D eigenvalue weighted by molar-refractivity contribution is 8.00. The molecule has 39 heavy (non-hydrogen) atoms. The molecule has 4 aromatic rings. The highest BCUT2D eigenvalue weighted by atomic mass is 35.5. The van der Waals surface area contributed by atoms with Gasteiger partial charge in [-0.2, -0.15) is 13.2 Å². The molecule has 0 bridgehead atoms. The molecule has 1 aliphatic heterocycles. The third-order valence-electron chi connectivity index (χ3n) is 6.05. The number of nitrogens with zero attached hydrogens (tertiary/aromatic N) is 4. The molecular formula is C25H20ClF3N4O4S2. The smallest absolute Gasteiger partial charge is 0.452 e. The molecule has 1 N–H and O–H groups in total. The molecule has 204 valence electrons. The van der Waals surface area contributed by atoms with Crippen molar-refractivity contribution in [1.82, 2.24) is 19.7 Å². The Kier molecular flexibility index (Phi) is 7.49. The second-order valence-electron chi connectivity index (χ2n) is 8.50. The average Bonchev–Trinajstić information content (AvgIpc) is 3.50. The van der Waals surface area contributed by atoms with Crippen LogP contribution in [0, 0.1) is 0 Å². The van der Waals surface area contributed by atoms with E-state index in [1.807, 2.05) is 6.07 Å². The van der Waals surface area contributed by atoms with Crippen LogP contribution >= 0.6 is 34.7 Å². The normalized spacial score (nSPS) is 16.8. The minimum atomic E-state index is -4.78. The molecule has 0 unspecified atom stereocenters. The first-order valence-electron chi connectivity index (χ1n) is 11.4. The van der Waals surface area contributed by atoms with Crippen molar-refractivity contribution in [2.24, 2.45) is 0 Å². The number of alkyl halides is 3. The summed E-state index contributed by atoms with van der Waals surface area (Å²) >= 11 is 8.92. The summed E-state index contributed by atoms with van der Waals surface area (Å²) in [5, 5.41) is 16.4. The Bertz CT molecular complexity index is 1540. The summed E-state index contributed by atoms with van der Waals surface area (Å²) in [6, 6.07) is 10.0. The third-order valence-corrected chi connectivity index (χ3v) is 8.79. The van der Waals surface area contributed by atoms with Gasteiger partial charge in [0.1, 0.15) is 0 Å². The van der Waals surface area contributed by atoms with Crippen molar-refractivity contribution in [2.75, 3.05) is 14.2 Å². The minimum Gasteiger partial charge on any atom is -0.493 e. The van der Waals surface area contributed by atoms with E-state index < -0.39 is 28.5 Å². The Morgan fingerprint density at radius 2 is 1.95 bits per heavy atom. The molecule has 0 saturated heterocycles. The number of aromatic nitrogens is 4. The maximum atomic E-state index is 14.2. The van der Waals surface area contributed by atoms with Gasteiger partial charge >= 0.3 is 12.1 Å². The highest BCUT2D eigenvalue weighted by Gasteiger charge is 2.43. The van der Waals surface area contributed by atoms with Gasteiger partial charge in [0.2, 0.25) is 5.82 Å². The van der Waals surface area contributed by atoms with E-state index in [1.54, 1.807) is 18.2 Å². The van der Waals surface area contributed by atoms with Gasteiger partial charge < -0.3 is 14.6 Å². The van der Waals surface area contributed by atoms with Crippen molar-refractivity contribution in [3.05, 3.63) is 80.3 Å². The average molecular weight is 597 g/mol. The predicted molar refractivity (Wildman–Crippen MR) is 140 cm³/mol. The Morgan fingerprint density at radius 1 is 1.15 bits per heavy atom. The van der Waals surface area contributed by atoms with E-state index in [1.165, 1.54) is 55.6 Å². The molecule has 2 aromatic heterocycles. The zero-order valence-electron chi connectivity index (χ0n) is 20.4. The van der Waals surface area contributed by atoms with Gasteiger partial charge in [-0.1, -0.05) is 23.7 Å². The Hall–Kier alpha value is -3.29. The number of fused-ring (bicyclic) bond motifs is 3. The van der Waals surface area contributed by atoms with E-state index in [0.717, 1.165) is 4.57 Å². The van der Waals surface area contributed by atoms with Crippen LogP contribution in [0.15, 0.2) is 42.6 Å². The molecule has 5 rings (SSSR count). The molecule has 3 heterocycles. The van der Waals surface area contributed by atoms with Crippen LogP contribution in [0.4, 0.5) is 13.2 Å². The fourth-order valence-corrected chi connectivity index (χ4v) is 7.26. The summed E-state index contributed by atoms with van der Waals surface area (Å²) in [7, 11) is 3.00. The number of hydrogen-bond donors (Lipinski definition) is 1.